The minimum absolute atomic E-state index is 0.0165. The van der Waals surface area contributed by atoms with Crippen LogP contribution in [-0.2, 0) is 11.3 Å². The lowest BCUT2D eigenvalue weighted by molar-refractivity contribution is -0.132. The van der Waals surface area contributed by atoms with Crippen LogP contribution in [0.5, 0.6) is 5.75 Å². The van der Waals surface area contributed by atoms with Gasteiger partial charge >= 0.3 is 0 Å². The third-order valence-corrected chi connectivity index (χ3v) is 3.47. The Morgan fingerprint density at radius 2 is 2.16 bits per heavy atom. The van der Waals surface area contributed by atoms with Crippen LogP contribution < -0.4 is 10.5 Å². The summed E-state index contributed by atoms with van der Waals surface area (Å²) in [5, 5.41) is 0. The molecule has 0 aliphatic heterocycles. The van der Waals surface area contributed by atoms with E-state index in [2.05, 4.69) is 0 Å². The summed E-state index contributed by atoms with van der Waals surface area (Å²) in [7, 11) is 3.41. The maximum atomic E-state index is 12.2. The number of methoxy groups -OCH3 is 1. The van der Waals surface area contributed by atoms with E-state index < -0.39 is 6.04 Å². The van der Waals surface area contributed by atoms with Crippen molar-refractivity contribution in [3.63, 3.8) is 0 Å². The first-order valence-electron chi connectivity index (χ1n) is 6.63. The number of likely N-dealkylation sites (N-methyl/N-ethyl adjacent to an activating group) is 1. The largest absolute Gasteiger partial charge is 0.497 e. The van der Waals surface area contributed by atoms with E-state index in [-0.39, 0.29) is 11.8 Å². The van der Waals surface area contributed by atoms with E-state index in [9.17, 15) is 4.79 Å². The Labute approximate surface area is 115 Å². The van der Waals surface area contributed by atoms with Crippen molar-refractivity contribution in [2.75, 3.05) is 14.2 Å². The molecule has 106 valence electrons. The Morgan fingerprint density at radius 1 is 1.47 bits per heavy atom. The summed E-state index contributed by atoms with van der Waals surface area (Å²) in [4.78, 5) is 13.8. The standard InChI is InChI=1S/C15H24N2O2/c1-5-11(2)14(16)15(18)17(3)10-12-7-6-8-13(9-12)19-4/h6-9,11,14H,5,10,16H2,1-4H3/t11?,14-/m0/s1. The smallest absolute Gasteiger partial charge is 0.239 e. The van der Waals surface area contributed by atoms with Crippen LogP contribution in [0.25, 0.3) is 0 Å². The number of hydrogen-bond donors (Lipinski definition) is 1. The molecule has 0 aliphatic rings. The number of nitrogens with zero attached hydrogens (tertiary/aromatic N) is 1. The van der Waals surface area contributed by atoms with E-state index in [0.29, 0.717) is 6.54 Å². The van der Waals surface area contributed by atoms with Crippen molar-refractivity contribution < 1.29 is 9.53 Å². The third-order valence-electron chi connectivity index (χ3n) is 3.47. The minimum atomic E-state index is -0.430. The molecule has 1 aromatic carbocycles. The fourth-order valence-corrected chi connectivity index (χ4v) is 1.87. The first-order chi connectivity index (χ1) is 8.99. The number of hydrogen-bond acceptors (Lipinski definition) is 3. The molecule has 1 amide bonds. The third kappa shape index (κ3) is 4.24. The van der Waals surface area contributed by atoms with Crippen molar-refractivity contribution in [2.45, 2.75) is 32.9 Å². The van der Waals surface area contributed by atoms with Gasteiger partial charge in [-0.2, -0.15) is 0 Å². The summed E-state index contributed by atoms with van der Waals surface area (Å²) in [5.41, 5.74) is 7.00. The summed E-state index contributed by atoms with van der Waals surface area (Å²) in [6.45, 7) is 4.59. The number of ether oxygens (including phenoxy) is 1. The van der Waals surface area contributed by atoms with Gasteiger partial charge in [-0.15, -0.1) is 0 Å². The van der Waals surface area contributed by atoms with Crippen molar-refractivity contribution in [1.29, 1.82) is 0 Å². The summed E-state index contributed by atoms with van der Waals surface area (Å²) in [6, 6.07) is 7.28. The molecule has 19 heavy (non-hydrogen) atoms. The van der Waals surface area contributed by atoms with Gasteiger partial charge in [0, 0.05) is 13.6 Å². The van der Waals surface area contributed by atoms with Gasteiger partial charge in [0.25, 0.3) is 0 Å². The summed E-state index contributed by atoms with van der Waals surface area (Å²) >= 11 is 0. The quantitative estimate of drug-likeness (QED) is 0.855. The van der Waals surface area contributed by atoms with Gasteiger partial charge in [0.05, 0.1) is 13.2 Å². The second kappa shape index (κ2) is 7.14. The molecule has 0 heterocycles. The highest BCUT2D eigenvalue weighted by atomic mass is 16.5. The summed E-state index contributed by atoms with van der Waals surface area (Å²) < 4.78 is 5.17. The Bertz CT molecular complexity index is 420. The fourth-order valence-electron chi connectivity index (χ4n) is 1.87. The lowest BCUT2D eigenvalue weighted by Crippen LogP contribution is -2.45. The molecule has 4 heteroatoms. The van der Waals surface area contributed by atoms with E-state index in [1.54, 1.807) is 19.1 Å². The molecule has 0 aromatic heterocycles. The number of rotatable bonds is 6. The molecule has 4 nitrogen and oxygen atoms in total. The van der Waals surface area contributed by atoms with Gasteiger partial charge in [0.1, 0.15) is 5.75 Å². The molecule has 2 N–H and O–H groups in total. The zero-order chi connectivity index (χ0) is 14.4. The fraction of sp³-hybridized carbons (Fsp3) is 0.533. The van der Waals surface area contributed by atoms with Gasteiger partial charge in [-0.05, 0) is 23.6 Å². The molecule has 0 bridgehead atoms. The maximum absolute atomic E-state index is 12.2. The summed E-state index contributed by atoms with van der Waals surface area (Å²) in [6.07, 6.45) is 0.903. The summed E-state index contributed by atoms with van der Waals surface area (Å²) in [5.74, 6) is 0.974. The van der Waals surface area contributed by atoms with Crippen LogP contribution in [0.1, 0.15) is 25.8 Å². The molecule has 0 saturated carbocycles. The predicted molar refractivity (Wildman–Crippen MR) is 76.9 cm³/mol. The molecule has 0 saturated heterocycles. The zero-order valence-electron chi connectivity index (χ0n) is 12.2. The number of benzene rings is 1. The van der Waals surface area contributed by atoms with Gasteiger partial charge in [-0.25, -0.2) is 0 Å². The van der Waals surface area contributed by atoms with E-state index in [1.807, 2.05) is 38.1 Å². The topological polar surface area (TPSA) is 55.6 Å². The van der Waals surface area contributed by atoms with E-state index in [1.165, 1.54) is 0 Å². The maximum Gasteiger partial charge on any atom is 0.239 e. The van der Waals surface area contributed by atoms with Crippen LogP contribution >= 0.6 is 0 Å². The van der Waals surface area contributed by atoms with Crippen molar-refractivity contribution in [2.24, 2.45) is 11.7 Å². The van der Waals surface area contributed by atoms with Gasteiger partial charge in [-0.1, -0.05) is 32.4 Å². The van der Waals surface area contributed by atoms with Gasteiger partial charge in [0.2, 0.25) is 5.91 Å². The van der Waals surface area contributed by atoms with Crippen molar-refractivity contribution in [3.8, 4) is 5.75 Å². The second-order valence-corrected chi connectivity index (χ2v) is 4.96. The number of amides is 1. The van der Waals surface area contributed by atoms with E-state index in [0.717, 1.165) is 17.7 Å². The van der Waals surface area contributed by atoms with E-state index in [4.69, 9.17) is 10.5 Å². The minimum Gasteiger partial charge on any atom is -0.497 e. The van der Waals surface area contributed by atoms with Crippen LogP contribution in [0, 0.1) is 5.92 Å². The van der Waals surface area contributed by atoms with Crippen molar-refractivity contribution in [1.82, 2.24) is 4.90 Å². The van der Waals surface area contributed by atoms with Crippen LogP contribution in [0.4, 0.5) is 0 Å². The van der Waals surface area contributed by atoms with Crippen molar-refractivity contribution >= 4 is 5.91 Å². The molecule has 0 fully saturated rings. The molecular formula is C15H24N2O2. The Balaban J connectivity index is 2.68. The number of carbonyl (C=O) groups is 1. The first-order valence-corrected chi connectivity index (χ1v) is 6.63. The molecule has 1 unspecified atom stereocenters. The lowest BCUT2D eigenvalue weighted by atomic mass is 9.99. The number of nitrogens with two attached hydrogens (primary N) is 1. The molecule has 2 atom stereocenters. The lowest BCUT2D eigenvalue weighted by Gasteiger charge is -2.24. The highest BCUT2D eigenvalue weighted by Crippen LogP contribution is 2.15. The van der Waals surface area contributed by atoms with E-state index >= 15 is 0 Å². The van der Waals surface area contributed by atoms with Crippen molar-refractivity contribution in [3.05, 3.63) is 29.8 Å². The van der Waals surface area contributed by atoms with Gasteiger partial charge in [-0.3, -0.25) is 4.79 Å². The molecular weight excluding hydrogens is 240 g/mol. The Morgan fingerprint density at radius 3 is 2.74 bits per heavy atom. The predicted octanol–water partition coefficient (Wildman–Crippen LogP) is 2.03. The van der Waals surface area contributed by atoms with Crippen LogP contribution in [-0.4, -0.2) is 31.0 Å². The average molecular weight is 264 g/mol. The highest BCUT2D eigenvalue weighted by Gasteiger charge is 2.22. The average Bonchev–Trinajstić information content (AvgIpc) is 2.44. The number of carbonyl (C=O) groups excluding carboxylic acids is 1. The van der Waals surface area contributed by atoms with Crippen LogP contribution in [0.3, 0.4) is 0 Å². The first kappa shape index (κ1) is 15.5. The Hall–Kier alpha value is -1.55. The molecule has 1 rings (SSSR count). The molecule has 0 aliphatic carbocycles. The van der Waals surface area contributed by atoms with Gasteiger partial charge in [0.15, 0.2) is 0 Å². The molecule has 0 spiro atoms. The monoisotopic (exact) mass is 264 g/mol. The molecule has 1 aromatic rings. The normalized spacial score (nSPS) is 13.7. The Kier molecular flexibility index (Phi) is 5.83. The van der Waals surface area contributed by atoms with Crippen LogP contribution in [0.15, 0.2) is 24.3 Å². The zero-order valence-corrected chi connectivity index (χ0v) is 12.2. The highest BCUT2D eigenvalue weighted by molar-refractivity contribution is 5.81. The van der Waals surface area contributed by atoms with Gasteiger partial charge < -0.3 is 15.4 Å². The SMILES string of the molecule is CCC(C)[C@H](N)C(=O)N(C)Cc1cccc(OC)c1. The molecule has 0 radical (unpaired) electrons. The second-order valence-electron chi connectivity index (χ2n) is 4.96. The van der Waals surface area contributed by atoms with Crippen LogP contribution in [0.2, 0.25) is 0 Å².